The first-order valence-corrected chi connectivity index (χ1v) is 39.3. The molecule has 16 nitrogen and oxygen atoms in total. The van der Waals surface area contributed by atoms with Crippen LogP contribution in [-0.2, 0) is 45.5 Å². The lowest BCUT2D eigenvalue weighted by Gasteiger charge is -2.42. The molecule has 6 aromatic rings. The molecule has 0 saturated carbocycles. The monoisotopic (exact) mass is 1480 g/mol. The zero-order valence-corrected chi connectivity index (χ0v) is 60.9. The van der Waals surface area contributed by atoms with Crippen molar-refractivity contribution in [2.75, 3.05) is 33.2 Å². The Bertz CT molecular complexity index is 3500. The van der Waals surface area contributed by atoms with E-state index in [1.54, 1.807) is 24.5 Å². The number of nitrogens with zero attached hydrogens (tertiary/aromatic N) is 6. The van der Waals surface area contributed by atoms with E-state index >= 15 is 0 Å². The average molecular weight is 1490 g/mol. The number of carbonyl (C=O) groups excluding carboxylic acids is 2. The zero-order valence-electron chi connectivity index (χ0n) is 54.1. The van der Waals surface area contributed by atoms with Gasteiger partial charge in [0.15, 0.2) is 34.5 Å². The Morgan fingerprint density at radius 1 is 0.533 bits per heavy atom. The molecule has 0 spiro atoms. The Labute approximate surface area is 556 Å². The highest BCUT2D eigenvalue weighted by Crippen LogP contribution is 2.49. The van der Waals surface area contributed by atoms with Crippen LogP contribution in [0.15, 0.2) is 108 Å². The number of aromatic nitrogens is 4. The second-order valence-corrected chi connectivity index (χ2v) is 40.7. The molecule has 2 fully saturated rings. The van der Waals surface area contributed by atoms with Crippen molar-refractivity contribution < 1.29 is 61.6 Å². The molecule has 8 rings (SSSR count). The van der Waals surface area contributed by atoms with Crippen molar-refractivity contribution in [3.63, 3.8) is 0 Å². The summed E-state index contributed by atoms with van der Waals surface area (Å²) in [6.45, 7) is 37.5. The molecule has 92 heavy (non-hydrogen) atoms. The Morgan fingerprint density at radius 2 is 0.826 bits per heavy atom. The number of hydrogen-bond acceptors (Lipinski definition) is 12. The highest BCUT2D eigenvalue weighted by atomic mass is 79.9. The summed E-state index contributed by atoms with van der Waals surface area (Å²) in [6.07, 6.45) is -3.53. The van der Waals surface area contributed by atoms with E-state index < -0.39 is 72.0 Å². The van der Waals surface area contributed by atoms with Gasteiger partial charge in [-0.05, 0) is 138 Å². The molecule has 2 amide bonds. The second kappa shape index (κ2) is 31.5. The van der Waals surface area contributed by atoms with Gasteiger partial charge in [-0.1, -0.05) is 107 Å². The maximum Gasteiger partial charge on any atom is 0.416 e. The van der Waals surface area contributed by atoms with Gasteiger partial charge in [-0.15, -0.1) is 26.3 Å². The van der Waals surface area contributed by atoms with Crippen molar-refractivity contribution in [2.45, 2.75) is 167 Å². The number of sulfonamides is 2. The summed E-state index contributed by atoms with van der Waals surface area (Å²) in [4.78, 5) is 46.6. The van der Waals surface area contributed by atoms with Crippen LogP contribution in [0.4, 0.5) is 38.0 Å². The van der Waals surface area contributed by atoms with Gasteiger partial charge in [-0.2, -0.15) is 26.3 Å². The van der Waals surface area contributed by atoms with Crippen LogP contribution in [0, 0.1) is 0 Å². The number of pyridine rings is 4. The molecule has 0 aliphatic carbocycles. The third-order valence-electron chi connectivity index (χ3n) is 16.5. The van der Waals surface area contributed by atoms with Crippen molar-refractivity contribution in [3.05, 3.63) is 142 Å². The van der Waals surface area contributed by atoms with E-state index in [9.17, 15) is 52.8 Å². The highest BCUT2D eigenvalue weighted by molar-refractivity contribution is 9.10. The number of hydrogen-bond donors (Lipinski definition) is 2. The third kappa shape index (κ3) is 17.1. The van der Waals surface area contributed by atoms with Crippen LogP contribution in [0.1, 0.15) is 152 Å². The lowest BCUT2D eigenvalue weighted by atomic mass is 10.1. The molecule has 2 aliphatic rings. The van der Waals surface area contributed by atoms with Gasteiger partial charge in [0.05, 0.1) is 22.6 Å². The fraction of sp³-hybridized carbons (Fsp3) is 0.469. The molecular formula is C64H84Br2F6N8O8S2Si2. The number of benzene rings is 2. The normalized spacial score (nSPS) is 15.2. The molecule has 0 bridgehead atoms. The summed E-state index contributed by atoms with van der Waals surface area (Å²) in [7, 11) is -12.8. The van der Waals surface area contributed by atoms with Crippen LogP contribution in [0.2, 0.25) is 33.2 Å². The summed E-state index contributed by atoms with van der Waals surface area (Å²) < 4.78 is 149. The maximum absolute atomic E-state index is 13.9. The van der Waals surface area contributed by atoms with Crippen molar-refractivity contribution in [1.29, 1.82) is 0 Å². The Morgan fingerprint density at radius 3 is 1.09 bits per heavy atom. The van der Waals surface area contributed by atoms with Gasteiger partial charge >= 0.3 is 12.4 Å². The van der Waals surface area contributed by atoms with Crippen LogP contribution in [0.25, 0.3) is 21.8 Å². The number of rotatable bonds is 18. The van der Waals surface area contributed by atoms with E-state index in [2.05, 4.69) is 162 Å². The van der Waals surface area contributed by atoms with Gasteiger partial charge in [-0.25, -0.2) is 26.8 Å². The summed E-state index contributed by atoms with van der Waals surface area (Å²) >= 11 is 6.90. The quantitative estimate of drug-likeness (QED) is 0.0469. The molecule has 504 valence electrons. The lowest BCUT2D eigenvalue weighted by molar-refractivity contribution is -0.138. The number of halogens is 8. The number of alkyl halides is 6. The van der Waals surface area contributed by atoms with E-state index in [-0.39, 0.29) is 105 Å². The Hall–Kier alpha value is -5.95. The number of amides is 2. The number of fused-ring (bicyclic) bond motifs is 2. The Balaban J connectivity index is 0.000000317. The van der Waals surface area contributed by atoms with Gasteiger partial charge in [0, 0.05) is 58.3 Å². The minimum Gasteiger partial charge on any atom is -0.540 e. The van der Waals surface area contributed by atoms with Crippen LogP contribution in [-0.4, -0.2) is 89.8 Å². The van der Waals surface area contributed by atoms with E-state index in [0.29, 0.717) is 67.6 Å². The van der Waals surface area contributed by atoms with E-state index in [4.69, 9.17) is 18.8 Å². The molecule has 2 aromatic carbocycles. The largest absolute Gasteiger partial charge is 0.540 e. The summed E-state index contributed by atoms with van der Waals surface area (Å²) in [5.74, 6) is -0.859. The molecule has 0 atom stereocenters. The lowest BCUT2D eigenvalue weighted by Crippen LogP contribution is -2.51. The SMILES string of the molecule is C=C.C=C.CC(C)[Si](Oc1c(C(=O)NCc2ccc(C(F)(F)F)cc2)nc(N2CCCCS2(=O)=O)c2cc(Br)cnc12)(C(C)C)C(C)C.CC(C)[Si](Oc1c(C(=O)NCc2ccc(C(F)(F)F)cc2)nc(N2CCCCS2(=O)=O)c2cc(Br)cnc12)(C(C)C)C(C)C. The first-order valence-electron chi connectivity index (χ1n) is 30.2. The summed E-state index contributed by atoms with van der Waals surface area (Å²) in [5.41, 5.74) is 0.543. The minimum absolute atomic E-state index is 0.0462. The van der Waals surface area contributed by atoms with Gasteiger partial charge in [0.1, 0.15) is 11.0 Å². The van der Waals surface area contributed by atoms with E-state index in [0.717, 1.165) is 24.3 Å². The van der Waals surface area contributed by atoms with Gasteiger partial charge in [0.25, 0.3) is 28.4 Å². The predicted molar refractivity (Wildman–Crippen MR) is 366 cm³/mol. The summed E-state index contributed by atoms with van der Waals surface area (Å²) in [5, 5.41) is 6.38. The Kier molecular flexibility index (Phi) is 26.3. The van der Waals surface area contributed by atoms with Crippen molar-refractivity contribution in [1.82, 2.24) is 30.6 Å². The topological polar surface area (TPSA) is 203 Å². The van der Waals surface area contributed by atoms with Crippen molar-refractivity contribution >= 4 is 114 Å². The zero-order chi connectivity index (χ0) is 69.2. The molecular weight excluding hydrogens is 1400 g/mol. The van der Waals surface area contributed by atoms with Crippen molar-refractivity contribution in [3.8, 4) is 11.5 Å². The van der Waals surface area contributed by atoms with Gasteiger partial charge < -0.3 is 19.5 Å². The number of anilines is 2. The van der Waals surface area contributed by atoms with Crippen LogP contribution < -0.4 is 28.1 Å². The predicted octanol–water partition coefficient (Wildman–Crippen LogP) is 17.3. The van der Waals surface area contributed by atoms with E-state index in [1.165, 1.54) is 32.9 Å². The molecule has 2 aliphatic heterocycles. The molecule has 28 heteroatoms. The summed E-state index contributed by atoms with van der Waals surface area (Å²) in [6, 6.07) is 12.5. The average Bonchev–Trinajstić information content (AvgIpc) is 0.751. The molecule has 6 heterocycles. The van der Waals surface area contributed by atoms with Gasteiger partial charge in [-0.3, -0.25) is 28.2 Å². The molecule has 2 saturated heterocycles. The van der Waals surface area contributed by atoms with Crippen LogP contribution >= 0.6 is 31.9 Å². The van der Waals surface area contributed by atoms with Crippen LogP contribution in [0.3, 0.4) is 0 Å². The maximum atomic E-state index is 13.9. The van der Waals surface area contributed by atoms with Gasteiger partial charge in [0.2, 0.25) is 20.0 Å². The number of carbonyl (C=O) groups is 2. The van der Waals surface area contributed by atoms with Crippen LogP contribution in [0.5, 0.6) is 11.5 Å². The fourth-order valence-electron chi connectivity index (χ4n) is 12.4. The molecule has 0 unspecified atom stereocenters. The standard InChI is InChI=1S/2C30H38BrF3N4O4SSi.2C2H4/c2*1-18(2)44(19(3)4,20(5)6)42-27-25-24(15-23(31)17-35-25)28(38-13-7-8-14-43(38,40)41)37-26(27)29(39)36-16-21-9-11-22(12-10-21)30(32,33)34;2*1-2/h2*9-12,15,17-20H,7-8,13-14,16H2,1-6H3,(H,36,39);2*1-2H2. The first kappa shape index (κ1) is 76.8. The first-order chi connectivity index (χ1) is 43.0. The van der Waals surface area contributed by atoms with E-state index in [1.807, 2.05) is 0 Å². The molecule has 0 radical (unpaired) electrons. The molecule has 2 N–H and O–H groups in total. The highest BCUT2D eigenvalue weighted by Gasteiger charge is 2.50. The number of nitrogens with one attached hydrogen (secondary N) is 2. The van der Waals surface area contributed by atoms with Crippen molar-refractivity contribution in [2.24, 2.45) is 0 Å². The second-order valence-electron chi connectivity index (χ2n) is 24.1. The minimum atomic E-state index is -4.48. The molecule has 4 aromatic heterocycles. The smallest absolute Gasteiger partial charge is 0.416 e. The fourth-order valence-corrected chi connectivity index (χ4v) is 26.8. The third-order valence-corrected chi connectivity index (χ3v) is 33.0.